The van der Waals surface area contributed by atoms with Gasteiger partial charge in [-0.15, -0.1) is 0 Å². The van der Waals surface area contributed by atoms with Crippen LogP contribution in [0.3, 0.4) is 0 Å². The number of ketones is 1. The van der Waals surface area contributed by atoms with Gasteiger partial charge >= 0.3 is 0 Å². The number of carbonyl (C=O) groups excluding carboxylic acids is 1. The Balaban J connectivity index is 1.89. The standard InChI is InChI=1S/C16H22O3S/c1-20(18,19)15-9-5-8-14(12-15)16(17)11-10-13-6-3-2-4-7-13/h2-4,6-7,14-15H,5,8-12H2,1H3. The van der Waals surface area contributed by atoms with Gasteiger partial charge in [-0.3, -0.25) is 4.79 Å². The third-order valence-corrected chi connectivity index (χ3v) is 5.83. The molecule has 0 aliphatic heterocycles. The van der Waals surface area contributed by atoms with Gasteiger partial charge in [-0.1, -0.05) is 36.8 Å². The third-order valence-electron chi connectivity index (χ3n) is 4.19. The highest BCUT2D eigenvalue weighted by Crippen LogP contribution is 2.30. The maximum absolute atomic E-state index is 12.2. The fourth-order valence-electron chi connectivity index (χ4n) is 2.94. The smallest absolute Gasteiger partial charge is 0.150 e. The summed E-state index contributed by atoms with van der Waals surface area (Å²) in [5.41, 5.74) is 1.16. The molecule has 0 radical (unpaired) electrons. The molecular weight excluding hydrogens is 272 g/mol. The second kappa shape index (κ2) is 6.53. The van der Waals surface area contributed by atoms with Crippen molar-refractivity contribution in [2.24, 2.45) is 5.92 Å². The molecule has 0 bridgehead atoms. The van der Waals surface area contributed by atoms with Crippen LogP contribution in [0, 0.1) is 5.92 Å². The molecule has 3 nitrogen and oxygen atoms in total. The Morgan fingerprint density at radius 1 is 1.20 bits per heavy atom. The van der Waals surface area contributed by atoms with Gasteiger partial charge in [-0.25, -0.2) is 8.42 Å². The van der Waals surface area contributed by atoms with Gasteiger partial charge < -0.3 is 0 Å². The predicted octanol–water partition coefficient (Wildman–Crippen LogP) is 2.79. The van der Waals surface area contributed by atoms with Crippen LogP contribution in [0.25, 0.3) is 0 Å². The van der Waals surface area contributed by atoms with Crippen LogP contribution in [0.15, 0.2) is 30.3 Å². The van der Waals surface area contributed by atoms with Crippen molar-refractivity contribution in [3.8, 4) is 0 Å². The fraction of sp³-hybridized carbons (Fsp3) is 0.562. The fourth-order valence-corrected chi connectivity index (χ4v) is 4.12. The molecule has 0 heterocycles. The van der Waals surface area contributed by atoms with Crippen LogP contribution in [0.1, 0.15) is 37.7 Å². The zero-order valence-electron chi connectivity index (χ0n) is 11.9. The van der Waals surface area contributed by atoms with Gasteiger partial charge in [-0.05, 0) is 31.2 Å². The van der Waals surface area contributed by atoms with Crippen molar-refractivity contribution in [1.82, 2.24) is 0 Å². The first-order valence-electron chi connectivity index (χ1n) is 7.22. The average Bonchev–Trinajstić information content (AvgIpc) is 2.45. The summed E-state index contributed by atoms with van der Waals surface area (Å²) < 4.78 is 23.2. The van der Waals surface area contributed by atoms with E-state index in [1.165, 1.54) is 6.26 Å². The quantitative estimate of drug-likeness (QED) is 0.839. The molecule has 20 heavy (non-hydrogen) atoms. The van der Waals surface area contributed by atoms with Crippen molar-refractivity contribution in [2.45, 2.75) is 43.8 Å². The summed E-state index contributed by atoms with van der Waals surface area (Å²) in [6.07, 6.45) is 5.48. The maximum atomic E-state index is 12.2. The highest BCUT2D eigenvalue weighted by molar-refractivity contribution is 7.91. The van der Waals surface area contributed by atoms with Crippen LogP contribution < -0.4 is 0 Å². The van der Waals surface area contributed by atoms with E-state index in [2.05, 4.69) is 0 Å². The van der Waals surface area contributed by atoms with Gasteiger partial charge in [0.2, 0.25) is 0 Å². The summed E-state index contributed by atoms with van der Waals surface area (Å²) in [6, 6.07) is 9.95. The highest BCUT2D eigenvalue weighted by Gasteiger charge is 2.31. The van der Waals surface area contributed by atoms with E-state index in [4.69, 9.17) is 0 Å². The molecule has 0 amide bonds. The van der Waals surface area contributed by atoms with Crippen molar-refractivity contribution < 1.29 is 13.2 Å². The molecule has 1 saturated carbocycles. The molecule has 0 saturated heterocycles. The van der Waals surface area contributed by atoms with E-state index in [9.17, 15) is 13.2 Å². The van der Waals surface area contributed by atoms with E-state index >= 15 is 0 Å². The number of sulfone groups is 1. The predicted molar refractivity (Wildman–Crippen MR) is 80.4 cm³/mol. The van der Waals surface area contributed by atoms with Crippen molar-refractivity contribution in [2.75, 3.05) is 6.26 Å². The second-order valence-electron chi connectivity index (χ2n) is 5.77. The average molecular weight is 294 g/mol. The lowest BCUT2D eigenvalue weighted by atomic mass is 9.84. The molecule has 0 aromatic heterocycles. The van der Waals surface area contributed by atoms with E-state index in [0.717, 1.165) is 24.8 Å². The molecule has 2 atom stereocenters. The summed E-state index contributed by atoms with van der Waals surface area (Å²) >= 11 is 0. The van der Waals surface area contributed by atoms with Gasteiger partial charge in [-0.2, -0.15) is 0 Å². The summed E-state index contributed by atoms with van der Waals surface area (Å²) in [7, 11) is -3.01. The Kier molecular flexibility index (Phi) is 4.97. The maximum Gasteiger partial charge on any atom is 0.150 e. The minimum Gasteiger partial charge on any atom is -0.299 e. The molecule has 0 N–H and O–H groups in total. The van der Waals surface area contributed by atoms with Crippen LogP contribution in [-0.4, -0.2) is 25.7 Å². The topological polar surface area (TPSA) is 51.2 Å². The van der Waals surface area contributed by atoms with Crippen LogP contribution in [0.5, 0.6) is 0 Å². The Hall–Kier alpha value is -1.16. The van der Waals surface area contributed by atoms with Crippen molar-refractivity contribution in [3.63, 3.8) is 0 Å². The van der Waals surface area contributed by atoms with E-state index < -0.39 is 9.84 Å². The van der Waals surface area contributed by atoms with Gasteiger partial charge in [0.1, 0.15) is 15.6 Å². The first-order chi connectivity index (χ1) is 9.47. The molecule has 2 rings (SSSR count). The monoisotopic (exact) mass is 294 g/mol. The van der Waals surface area contributed by atoms with Crippen LogP contribution in [0.2, 0.25) is 0 Å². The second-order valence-corrected chi connectivity index (χ2v) is 8.09. The number of carbonyl (C=O) groups is 1. The molecule has 0 spiro atoms. The minimum atomic E-state index is -3.01. The number of Topliss-reactive ketones (excluding diaryl/α,β-unsaturated/α-hetero) is 1. The highest BCUT2D eigenvalue weighted by atomic mass is 32.2. The first kappa shape index (κ1) is 15.2. The van der Waals surface area contributed by atoms with Gasteiger partial charge in [0.25, 0.3) is 0 Å². The van der Waals surface area contributed by atoms with Gasteiger partial charge in [0.05, 0.1) is 5.25 Å². The number of hydrogen-bond acceptors (Lipinski definition) is 3. The normalized spacial score (nSPS) is 23.4. The number of rotatable bonds is 5. The molecule has 1 aromatic carbocycles. The number of hydrogen-bond donors (Lipinski definition) is 0. The molecule has 1 aromatic rings. The molecule has 1 fully saturated rings. The van der Waals surface area contributed by atoms with Gasteiger partial charge in [0.15, 0.2) is 0 Å². The molecule has 110 valence electrons. The minimum absolute atomic E-state index is 0.0628. The Morgan fingerprint density at radius 2 is 1.90 bits per heavy atom. The van der Waals surface area contributed by atoms with Gasteiger partial charge in [0, 0.05) is 18.6 Å². The van der Waals surface area contributed by atoms with Crippen molar-refractivity contribution >= 4 is 15.6 Å². The lowest BCUT2D eigenvalue weighted by Crippen LogP contribution is -2.31. The Bertz CT molecular complexity index is 548. The van der Waals surface area contributed by atoms with Crippen LogP contribution >= 0.6 is 0 Å². The van der Waals surface area contributed by atoms with Crippen LogP contribution in [-0.2, 0) is 21.1 Å². The number of aryl methyl sites for hydroxylation is 1. The largest absolute Gasteiger partial charge is 0.299 e. The van der Waals surface area contributed by atoms with Crippen LogP contribution in [0.4, 0.5) is 0 Å². The van der Waals surface area contributed by atoms with E-state index in [1.54, 1.807) is 0 Å². The van der Waals surface area contributed by atoms with E-state index in [1.807, 2.05) is 30.3 Å². The summed E-state index contributed by atoms with van der Waals surface area (Å²) in [5.74, 6) is 0.161. The molecule has 1 aliphatic rings. The molecule has 1 aliphatic carbocycles. The summed E-state index contributed by atoms with van der Waals surface area (Å²) in [5, 5.41) is -0.318. The van der Waals surface area contributed by atoms with Crippen molar-refractivity contribution in [1.29, 1.82) is 0 Å². The lowest BCUT2D eigenvalue weighted by Gasteiger charge is -2.27. The zero-order valence-corrected chi connectivity index (χ0v) is 12.7. The Morgan fingerprint density at radius 3 is 2.55 bits per heavy atom. The third kappa shape index (κ3) is 4.17. The molecular formula is C16H22O3S. The Labute approximate surface area is 121 Å². The van der Waals surface area contributed by atoms with Crippen molar-refractivity contribution in [3.05, 3.63) is 35.9 Å². The summed E-state index contributed by atoms with van der Waals surface area (Å²) in [6.45, 7) is 0. The van der Waals surface area contributed by atoms with E-state index in [-0.39, 0.29) is 17.0 Å². The number of benzene rings is 1. The first-order valence-corrected chi connectivity index (χ1v) is 9.18. The molecule has 2 unspecified atom stereocenters. The zero-order chi connectivity index (χ0) is 14.6. The lowest BCUT2D eigenvalue weighted by molar-refractivity contribution is -0.123. The summed E-state index contributed by atoms with van der Waals surface area (Å²) in [4.78, 5) is 12.2. The van der Waals surface area contributed by atoms with E-state index in [0.29, 0.717) is 19.3 Å². The SMILES string of the molecule is CS(=O)(=O)C1CCCC(C(=O)CCc2ccccc2)C1. The molecule has 4 heteroatoms.